The molecule has 0 aromatic carbocycles. The molecular formula is C31H50O3. The second-order valence-electron chi connectivity index (χ2n) is 15.6. The summed E-state index contributed by atoms with van der Waals surface area (Å²) in [6.45, 7) is 19.0. The van der Waals surface area contributed by atoms with E-state index in [-0.39, 0.29) is 33.2 Å². The molecule has 0 amide bonds. The summed E-state index contributed by atoms with van der Waals surface area (Å²) in [4.78, 5) is 12.6. The van der Waals surface area contributed by atoms with Crippen LogP contribution in [-0.4, -0.2) is 28.2 Å². The molecule has 0 aromatic rings. The third-order valence-corrected chi connectivity index (χ3v) is 13.6. The van der Waals surface area contributed by atoms with E-state index in [0.29, 0.717) is 24.2 Å². The van der Waals surface area contributed by atoms with Crippen molar-refractivity contribution in [3.05, 3.63) is 11.6 Å². The molecule has 0 aliphatic heterocycles. The van der Waals surface area contributed by atoms with Gasteiger partial charge >= 0.3 is 0 Å². The van der Waals surface area contributed by atoms with Crippen LogP contribution in [0.2, 0.25) is 0 Å². The summed E-state index contributed by atoms with van der Waals surface area (Å²) in [5, 5.41) is 23.8. The number of aldehydes is 1. The van der Waals surface area contributed by atoms with Gasteiger partial charge in [-0.3, -0.25) is 0 Å². The van der Waals surface area contributed by atoms with Crippen LogP contribution in [0.15, 0.2) is 11.6 Å². The van der Waals surface area contributed by atoms with E-state index in [4.69, 9.17) is 0 Å². The van der Waals surface area contributed by atoms with E-state index in [9.17, 15) is 15.0 Å². The number of aliphatic hydroxyl groups is 2. The number of fused-ring (bicyclic) bond motifs is 7. The SMILES string of the molecule is CC1[C@H](O)CC2(C)C(CCC3(C)C2CC=C2C3(C)CCC3(C=O)CCC(C)(C)CC23O)C1(C)C. The Kier molecular flexibility index (Phi) is 5.15. The van der Waals surface area contributed by atoms with E-state index < -0.39 is 11.0 Å². The Bertz CT molecular complexity index is 918. The molecule has 0 heterocycles. The Hall–Kier alpha value is -0.670. The van der Waals surface area contributed by atoms with Crippen LogP contribution in [0.4, 0.5) is 0 Å². The molecular weight excluding hydrogens is 420 g/mol. The van der Waals surface area contributed by atoms with Crippen LogP contribution in [0, 0.1) is 50.2 Å². The number of hydrogen-bond donors (Lipinski definition) is 2. The molecule has 192 valence electrons. The van der Waals surface area contributed by atoms with Crippen LogP contribution >= 0.6 is 0 Å². The fourth-order valence-electron chi connectivity index (χ4n) is 11.0. The highest BCUT2D eigenvalue weighted by Crippen LogP contribution is 2.76. The van der Waals surface area contributed by atoms with E-state index in [1.807, 2.05) is 0 Å². The van der Waals surface area contributed by atoms with Gasteiger partial charge in [0.1, 0.15) is 6.29 Å². The Morgan fingerprint density at radius 2 is 1.59 bits per heavy atom. The molecule has 0 aromatic heterocycles. The molecule has 5 aliphatic carbocycles. The topological polar surface area (TPSA) is 57.5 Å². The maximum Gasteiger partial charge on any atom is 0.129 e. The van der Waals surface area contributed by atoms with Crippen molar-refractivity contribution in [1.82, 2.24) is 0 Å². The van der Waals surface area contributed by atoms with E-state index in [1.54, 1.807) is 0 Å². The highest BCUT2D eigenvalue weighted by Gasteiger charge is 2.72. The second kappa shape index (κ2) is 7.00. The normalized spacial score (nSPS) is 55.6. The number of allylic oxidation sites excluding steroid dienone is 1. The van der Waals surface area contributed by atoms with Gasteiger partial charge in [-0.05, 0) is 108 Å². The molecule has 4 saturated carbocycles. The first-order valence-corrected chi connectivity index (χ1v) is 14.1. The standard InChI is InChI=1S/C31H50O3/c1-20-21(33)17-27(6)22(26(20,4)5)11-12-28(7)23(27)9-10-24-29(28,8)14-16-30(19-32)15-13-25(2,3)18-31(24,30)34/h10,19-23,33-34H,9,11-18H2,1-8H3/t20?,21-,22?,23?,27?,28?,29?,30?,31?/m1/s1. The van der Waals surface area contributed by atoms with Crippen molar-refractivity contribution in [3.63, 3.8) is 0 Å². The lowest BCUT2D eigenvalue weighted by Gasteiger charge is -2.72. The smallest absolute Gasteiger partial charge is 0.129 e. The molecule has 3 heteroatoms. The number of carbonyl (C=O) groups excluding carboxylic acids is 1. The highest BCUT2D eigenvalue weighted by atomic mass is 16.3. The Balaban J connectivity index is 1.64. The lowest BCUT2D eigenvalue weighted by Crippen LogP contribution is -2.69. The zero-order valence-electron chi connectivity index (χ0n) is 23.1. The zero-order valence-corrected chi connectivity index (χ0v) is 23.1. The van der Waals surface area contributed by atoms with Crippen molar-refractivity contribution >= 4 is 6.29 Å². The predicted molar refractivity (Wildman–Crippen MR) is 137 cm³/mol. The molecule has 9 atom stereocenters. The van der Waals surface area contributed by atoms with Gasteiger partial charge < -0.3 is 15.0 Å². The molecule has 0 spiro atoms. The van der Waals surface area contributed by atoms with Gasteiger partial charge in [-0.25, -0.2) is 0 Å². The van der Waals surface area contributed by atoms with Crippen LogP contribution in [0.25, 0.3) is 0 Å². The van der Waals surface area contributed by atoms with Crippen molar-refractivity contribution < 1.29 is 15.0 Å². The van der Waals surface area contributed by atoms with Crippen LogP contribution in [0.3, 0.4) is 0 Å². The summed E-state index contributed by atoms with van der Waals surface area (Å²) < 4.78 is 0. The number of carbonyl (C=O) groups is 1. The first-order chi connectivity index (χ1) is 15.5. The third kappa shape index (κ3) is 2.75. The Morgan fingerprint density at radius 1 is 0.941 bits per heavy atom. The second-order valence-corrected chi connectivity index (χ2v) is 15.6. The van der Waals surface area contributed by atoms with Gasteiger partial charge in [0.05, 0.1) is 17.1 Å². The van der Waals surface area contributed by atoms with Gasteiger partial charge in [-0.1, -0.05) is 61.5 Å². The molecule has 5 rings (SSSR count). The Labute approximate surface area is 208 Å². The summed E-state index contributed by atoms with van der Waals surface area (Å²) in [7, 11) is 0. The lowest BCUT2D eigenvalue weighted by atomic mass is 9.32. The molecule has 5 aliphatic rings. The Morgan fingerprint density at radius 3 is 2.24 bits per heavy atom. The van der Waals surface area contributed by atoms with Crippen molar-refractivity contribution in [2.75, 3.05) is 0 Å². The van der Waals surface area contributed by atoms with E-state index in [1.165, 1.54) is 18.4 Å². The molecule has 3 nitrogen and oxygen atoms in total. The van der Waals surface area contributed by atoms with Gasteiger partial charge in [-0.15, -0.1) is 0 Å². The first kappa shape index (κ1) is 25.0. The summed E-state index contributed by atoms with van der Waals surface area (Å²) >= 11 is 0. The maximum absolute atomic E-state index is 12.6. The van der Waals surface area contributed by atoms with Crippen molar-refractivity contribution in [3.8, 4) is 0 Å². The minimum absolute atomic E-state index is 0.0371. The van der Waals surface area contributed by atoms with Crippen molar-refractivity contribution in [1.29, 1.82) is 0 Å². The average molecular weight is 471 g/mol. The molecule has 0 bridgehead atoms. The van der Waals surface area contributed by atoms with Crippen molar-refractivity contribution in [2.45, 2.75) is 125 Å². The fraction of sp³-hybridized carbons (Fsp3) is 0.903. The van der Waals surface area contributed by atoms with Crippen LogP contribution in [-0.2, 0) is 4.79 Å². The monoisotopic (exact) mass is 470 g/mol. The minimum atomic E-state index is -1.03. The maximum atomic E-state index is 12.6. The predicted octanol–water partition coefficient (Wildman–Crippen LogP) is 6.71. The summed E-state index contributed by atoms with van der Waals surface area (Å²) in [6.07, 6.45) is 11.8. The van der Waals surface area contributed by atoms with Gasteiger partial charge in [-0.2, -0.15) is 0 Å². The molecule has 0 saturated heterocycles. The van der Waals surface area contributed by atoms with Crippen LogP contribution in [0.1, 0.15) is 113 Å². The summed E-state index contributed by atoms with van der Waals surface area (Å²) in [6, 6.07) is 0. The number of rotatable bonds is 1. The van der Waals surface area contributed by atoms with E-state index >= 15 is 0 Å². The van der Waals surface area contributed by atoms with Crippen LogP contribution < -0.4 is 0 Å². The lowest BCUT2D eigenvalue weighted by molar-refractivity contribution is -0.226. The molecule has 8 unspecified atom stereocenters. The molecule has 2 N–H and O–H groups in total. The molecule has 34 heavy (non-hydrogen) atoms. The third-order valence-electron chi connectivity index (χ3n) is 13.6. The first-order valence-electron chi connectivity index (χ1n) is 14.1. The van der Waals surface area contributed by atoms with Crippen LogP contribution in [0.5, 0.6) is 0 Å². The van der Waals surface area contributed by atoms with Gasteiger partial charge in [0, 0.05) is 0 Å². The summed E-state index contributed by atoms with van der Waals surface area (Å²) in [5.41, 5.74) is -0.288. The number of aliphatic hydroxyl groups excluding tert-OH is 1. The quantitative estimate of drug-likeness (QED) is 0.331. The molecule has 0 radical (unpaired) electrons. The summed E-state index contributed by atoms with van der Waals surface area (Å²) in [5.74, 6) is 1.40. The molecule has 4 fully saturated rings. The average Bonchev–Trinajstić information content (AvgIpc) is 2.72. The minimum Gasteiger partial charge on any atom is -0.393 e. The largest absolute Gasteiger partial charge is 0.393 e. The fourth-order valence-corrected chi connectivity index (χ4v) is 11.0. The van der Waals surface area contributed by atoms with E-state index in [2.05, 4.69) is 61.5 Å². The van der Waals surface area contributed by atoms with Gasteiger partial charge in [0.2, 0.25) is 0 Å². The highest BCUT2D eigenvalue weighted by molar-refractivity contribution is 5.66. The van der Waals surface area contributed by atoms with Gasteiger partial charge in [0.25, 0.3) is 0 Å². The number of hydrogen-bond acceptors (Lipinski definition) is 3. The van der Waals surface area contributed by atoms with E-state index in [0.717, 1.165) is 44.8 Å². The van der Waals surface area contributed by atoms with Gasteiger partial charge in [0.15, 0.2) is 0 Å². The zero-order chi connectivity index (χ0) is 25.2. The van der Waals surface area contributed by atoms with Crippen molar-refractivity contribution in [2.24, 2.45) is 50.2 Å².